The van der Waals surface area contributed by atoms with E-state index in [1.54, 1.807) is 0 Å². The topological polar surface area (TPSA) is 112 Å². The van der Waals surface area contributed by atoms with Crippen LogP contribution in [-0.2, 0) is 48.9 Å². The minimum atomic E-state index is -4.57. The molecule has 1 aliphatic carbocycles. The van der Waals surface area contributed by atoms with Crippen molar-refractivity contribution in [3.63, 3.8) is 0 Å². The molecule has 0 aromatic rings. The number of phosphoric acid groups is 1. The van der Waals surface area contributed by atoms with Gasteiger partial charge in [-0.1, -0.05) is 6.92 Å². The van der Waals surface area contributed by atoms with Gasteiger partial charge in [0, 0.05) is 33.3 Å². The molecule has 0 aromatic heterocycles. The number of hydrogen-bond donors (Lipinski definition) is 1. The Morgan fingerprint density at radius 1 is 1.24 bits per heavy atom. The molecule has 29 heavy (non-hydrogen) atoms. The van der Waals surface area contributed by atoms with Crippen LogP contribution < -0.4 is 10.6 Å². The number of rotatable bonds is 10. The Kier molecular flexibility index (Phi) is 11.0. The van der Waals surface area contributed by atoms with E-state index < -0.39 is 19.5 Å². The van der Waals surface area contributed by atoms with Crippen molar-refractivity contribution >= 4 is 7.82 Å². The third kappa shape index (κ3) is 8.59. The Balaban J connectivity index is 0.00000420. The van der Waals surface area contributed by atoms with E-state index in [1.165, 1.54) is 0 Å². The molecule has 2 N–H and O–H groups in total. The van der Waals surface area contributed by atoms with E-state index in [1.807, 2.05) is 41.5 Å². The van der Waals surface area contributed by atoms with Gasteiger partial charge in [-0.2, -0.15) is 0 Å². The molecule has 0 aromatic carbocycles. The predicted molar refractivity (Wildman–Crippen MR) is 103 cm³/mol. The summed E-state index contributed by atoms with van der Waals surface area (Å²) in [7, 11) is -4.57. The van der Waals surface area contributed by atoms with Gasteiger partial charge < -0.3 is 33.9 Å². The summed E-state index contributed by atoms with van der Waals surface area (Å²) in [6, 6.07) is 0. The van der Waals surface area contributed by atoms with E-state index in [2.05, 4.69) is 0 Å². The predicted octanol–water partition coefficient (Wildman–Crippen LogP) is 2.54. The molecule has 0 amide bonds. The third-order valence-corrected chi connectivity index (χ3v) is 5.94. The van der Waals surface area contributed by atoms with Crippen LogP contribution in [0.2, 0.25) is 0 Å². The molecule has 3 unspecified atom stereocenters. The molecule has 1 saturated carbocycles. The summed E-state index contributed by atoms with van der Waals surface area (Å²) < 4.78 is 40.1. The quantitative estimate of drug-likeness (QED) is 0.299. The van der Waals surface area contributed by atoms with Crippen molar-refractivity contribution in [3.8, 4) is 0 Å². The molecule has 1 saturated heterocycles. The Hall–Kier alpha value is 0.638. The zero-order valence-electron chi connectivity index (χ0n) is 18.3. The molecule has 172 valence electrons. The van der Waals surface area contributed by atoms with Crippen LogP contribution in [0.15, 0.2) is 0 Å². The van der Waals surface area contributed by atoms with Gasteiger partial charge >= 0.3 is 0 Å². The van der Waals surface area contributed by atoms with Gasteiger partial charge in [-0.05, 0) is 72.5 Å². The molecule has 0 spiro atoms. The molecular weight excluding hydrogens is 569 g/mol. The molecule has 6 atom stereocenters. The maximum Gasteiger partial charge on any atom is 0.265 e. The summed E-state index contributed by atoms with van der Waals surface area (Å²) in [5, 5.41) is 0. The number of nitrogens with two attached hydrogens (primary N) is 1. The maximum atomic E-state index is 12.5. The average molecular weight is 605 g/mol. The summed E-state index contributed by atoms with van der Waals surface area (Å²) >= 11 is 0. The first-order valence-corrected chi connectivity index (χ1v) is 11.6. The van der Waals surface area contributed by atoms with Gasteiger partial charge in [0.2, 0.25) is 0 Å². The Morgan fingerprint density at radius 2 is 1.90 bits per heavy atom. The molecule has 1 aliphatic heterocycles. The average Bonchev–Trinajstić information content (AvgIpc) is 3.02. The van der Waals surface area contributed by atoms with Gasteiger partial charge in [0.1, 0.15) is 0 Å². The van der Waals surface area contributed by atoms with Crippen molar-refractivity contribution in [1.82, 2.24) is 0 Å². The largest absolute Gasteiger partial charge is 0.756 e. The van der Waals surface area contributed by atoms with Crippen LogP contribution in [-0.4, -0.2) is 49.3 Å². The standard InChI is InChI=1S/C19H37NO7P.W/c1-12(2)23-11-19(20)9-14(5)7-18(19)27-28(21,22)24-10-17-16(25-13(3)4)8-15(6)26-17;/h12-16,18H,7-11,20H2,1-6H3,(H,21,22);/q-1;/p-1/t14-,15-,16?,18?,19-;/m0./s1. The minimum absolute atomic E-state index is 0. The van der Waals surface area contributed by atoms with Crippen LogP contribution >= 0.6 is 7.82 Å². The molecule has 2 fully saturated rings. The zero-order chi connectivity index (χ0) is 21.1. The molecular formula is C19H36NO7PW-2. The number of hydrogen-bond acceptors (Lipinski definition) is 8. The van der Waals surface area contributed by atoms with Crippen molar-refractivity contribution in [3.05, 3.63) is 6.10 Å². The smallest absolute Gasteiger partial charge is 0.265 e. The van der Waals surface area contributed by atoms with Gasteiger partial charge in [-0.15, -0.1) is 6.10 Å². The number of phosphoric ester groups is 1. The van der Waals surface area contributed by atoms with Crippen molar-refractivity contribution in [2.75, 3.05) is 13.2 Å². The molecule has 1 heterocycles. The van der Waals surface area contributed by atoms with E-state index >= 15 is 0 Å². The van der Waals surface area contributed by atoms with Gasteiger partial charge in [0.25, 0.3) is 7.82 Å². The Morgan fingerprint density at radius 3 is 2.48 bits per heavy atom. The third-order valence-electron chi connectivity index (χ3n) is 4.99. The first kappa shape index (κ1) is 27.7. The van der Waals surface area contributed by atoms with Crippen LogP contribution in [0, 0.1) is 12.0 Å². The van der Waals surface area contributed by atoms with Crippen LogP contribution in [0.25, 0.3) is 0 Å². The van der Waals surface area contributed by atoms with Crippen molar-refractivity contribution < 1.29 is 53.8 Å². The zero-order valence-corrected chi connectivity index (χ0v) is 22.1. The summed E-state index contributed by atoms with van der Waals surface area (Å²) in [5.41, 5.74) is 5.59. The molecule has 0 bridgehead atoms. The van der Waals surface area contributed by atoms with Crippen molar-refractivity contribution in [2.24, 2.45) is 11.7 Å². The summed E-state index contributed by atoms with van der Waals surface area (Å²) in [5.74, 6) is 0.239. The minimum Gasteiger partial charge on any atom is -0.756 e. The summed E-state index contributed by atoms with van der Waals surface area (Å²) in [4.78, 5) is 12.5. The molecule has 10 heteroatoms. The summed E-state index contributed by atoms with van der Waals surface area (Å²) in [6.07, 6.45) is 1.31. The normalized spacial score (nSPS) is 35.2. The van der Waals surface area contributed by atoms with Crippen molar-refractivity contribution in [2.45, 2.75) is 96.9 Å². The van der Waals surface area contributed by atoms with Crippen LogP contribution in [0.4, 0.5) is 0 Å². The molecule has 8 nitrogen and oxygen atoms in total. The SMILES string of the molecule is CC(C)OC[C@@]1(N)C[C@@H](C)CC1OP(=O)([O-])OC[C-]1O[C@@H](C)CC1OC(C)C.[W]. The number of ether oxygens (including phenoxy) is 3. The fraction of sp³-hybridized carbons (Fsp3) is 0.947. The van der Waals surface area contributed by atoms with Crippen LogP contribution in [0.3, 0.4) is 0 Å². The van der Waals surface area contributed by atoms with E-state index in [0.717, 1.165) is 0 Å². The fourth-order valence-corrected chi connectivity index (χ4v) is 4.77. The van der Waals surface area contributed by atoms with Gasteiger partial charge in [-0.25, -0.2) is 0 Å². The fourth-order valence-electron chi connectivity index (χ4n) is 3.82. The van der Waals surface area contributed by atoms with E-state index in [-0.39, 0.29) is 64.6 Å². The Bertz CT molecular complexity index is 553. The first-order valence-electron chi connectivity index (χ1n) is 10.1. The Labute approximate surface area is 189 Å². The van der Waals surface area contributed by atoms with Gasteiger partial charge in [-0.3, -0.25) is 4.57 Å². The van der Waals surface area contributed by atoms with Gasteiger partial charge in [0.05, 0.1) is 24.4 Å². The van der Waals surface area contributed by atoms with Crippen LogP contribution in [0.5, 0.6) is 0 Å². The molecule has 0 radical (unpaired) electrons. The van der Waals surface area contributed by atoms with Gasteiger partial charge in [0.15, 0.2) is 0 Å². The monoisotopic (exact) mass is 605 g/mol. The van der Waals surface area contributed by atoms with Crippen LogP contribution in [0.1, 0.15) is 60.8 Å². The molecule has 2 rings (SSSR count). The second-order valence-corrected chi connectivity index (χ2v) is 10.1. The molecule has 2 aliphatic rings. The summed E-state index contributed by atoms with van der Waals surface area (Å²) in [6.45, 7) is 11.6. The van der Waals surface area contributed by atoms with E-state index in [0.29, 0.717) is 25.4 Å². The van der Waals surface area contributed by atoms with E-state index in [9.17, 15) is 9.46 Å². The second-order valence-electron chi connectivity index (χ2n) is 8.76. The first-order chi connectivity index (χ1) is 12.9. The second kappa shape index (κ2) is 11.5. The maximum absolute atomic E-state index is 12.5. The van der Waals surface area contributed by atoms with Crippen molar-refractivity contribution in [1.29, 1.82) is 0 Å². The van der Waals surface area contributed by atoms with E-state index in [4.69, 9.17) is 29.0 Å².